The van der Waals surface area contributed by atoms with Gasteiger partial charge in [0.15, 0.2) is 6.23 Å². The summed E-state index contributed by atoms with van der Waals surface area (Å²) in [5, 5.41) is 31.8. The molecule has 0 amide bonds. The van der Waals surface area contributed by atoms with Gasteiger partial charge in [0.25, 0.3) is 11.2 Å². The molecule has 14 heteroatoms. The predicted molar refractivity (Wildman–Crippen MR) is 118 cm³/mol. The van der Waals surface area contributed by atoms with Crippen LogP contribution in [0.5, 0.6) is 0 Å². The molecule has 5 atom stereocenters. The number of benzene rings is 1. The van der Waals surface area contributed by atoms with Crippen LogP contribution < -0.4 is 11.2 Å². The maximum Gasteiger partial charge on any atom is 0.508 e. The van der Waals surface area contributed by atoms with E-state index < -0.39 is 59.4 Å². The minimum absolute atomic E-state index is 0.130. The van der Waals surface area contributed by atoms with Crippen LogP contribution in [0.25, 0.3) is 0 Å². The number of ether oxygens (including phenoxy) is 3. The Balaban J connectivity index is 1.57. The highest BCUT2D eigenvalue weighted by atomic mass is 79.9. The lowest BCUT2D eigenvalue weighted by atomic mass is 10.0. The summed E-state index contributed by atoms with van der Waals surface area (Å²) in [6.45, 7) is 2.37. The second kappa shape index (κ2) is 10.5. The Labute approximate surface area is 200 Å². The Bertz CT molecular complexity index is 1200. The third-order valence-corrected chi connectivity index (χ3v) is 5.79. The summed E-state index contributed by atoms with van der Waals surface area (Å²) in [4.78, 5) is 48.4. The number of aromatic nitrogens is 2. The topological polar surface area (TPSA) is 183 Å². The minimum atomic E-state index is -1.54. The molecule has 34 heavy (non-hydrogen) atoms. The third-order valence-electron chi connectivity index (χ3n) is 5.29. The van der Waals surface area contributed by atoms with Crippen molar-refractivity contribution in [3.63, 3.8) is 0 Å². The largest absolute Gasteiger partial charge is 0.508 e. The van der Waals surface area contributed by atoms with Crippen LogP contribution in [0, 0.1) is 17.0 Å². The summed E-state index contributed by atoms with van der Waals surface area (Å²) >= 11 is 3.17. The zero-order chi connectivity index (χ0) is 25.2. The molecular formula is C20H22BrN3O10. The lowest BCUT2D eigenvalue weighted by molar-refractivity contribution is -0.385. The molecule has 13 nitrogen and oxygen atoms in total. The number of rotatable bonds is 7. The van der Waals surface area contributed by atoms with E-state index >= 15 is 0 Å². The zero-order valence-electron chi connectivity index (χ0n) is 18.0. The molecule has 1 aliphatic rings. The van der Waals surface area contributed by atoms with Gasteiger partial charge in [0, 0.05) is 33.8 Å². The molecule has 0 saturated carbocycles. The van der Waals surface area contributed by atoms with Gasteiger partial charge in [-0.25, -0.2) is 9.59 Å². The van der Waals surface area contributed by atoms with Crippen LogP contribution >= 0.6 is 15.9 Å². The number of nitrogens with zero attached hydrogens (tertiary/aromatic N) is 2. The molecule has 1 aromatic carbocycles. The van der Waals surface area contributed by atoms with Gasteiger partial charge in [-0.05, 0) is 13.0 Å². The Kier molecular flexibility index (Phi) is 7.86. The second-order valence-corrected chi connectivity index (χ2v) is 8.67. The quantitative estimate of drug-likeness (QED) is 0.259. The van der Waals surface area contributed by atoms with Crippen molar-refractivity contribution in [2.24, 2.45) is 0 Å². The van der Waals surface area contributed by atoms with Gasteiger partial charge in [-0.15, -0.1) is 0 Å². The third kappa shape index (κ3) is 5.52. The number of hydrogen-bond acceptors (Lipinski definition) is 10. The van der Waals surface area contributed by atoms with Crippen molar-refractivity contribution in [2.75, 3.05) is 13.2 Å². The van der Waals surface area contributed by atoms with E-state index in [1.54, 1.807) is 19.1 Å². The number of nitro benzene ring substituents is 1. The summed E-state index contributed by atoms with van der Waals surface area (Å²) in [6.07, 6.45) is -5.47. The predicted octanol–water partition coefficient (Wildman–Crippen LogP) is 1.09. The average Bonchev–Trinajstić information content (AvgIpc) is 3.06. The van der Waals surface area contributed by atoms with E-state index in [1.165, 1.54) is 19.2 Å². The van der Waals surface area contributed by atoms with Crippen LogP contribution in [0.4, 0.5) is 10.5 Å². The summed E-state index contributed by atoms with van der Waals surface area (Å²) < 4.78 is 16.9. The van der Waals surface area contributed by atoms with Crippen LogP contribution in [0.3, 0.4) is 0 Å². The molecule has 0 spiro atoms. The van der Waals surface area contributed by atoms with Gasteiger partial charge in [-0.2, -0.15) is 0 Å². The first-order valence-electron chi connectivity index (χ1n) is 10.1. The average molecular weight is 544 g/mol. The van der Waals surface area contributed by atoms with Gasteiger partial charge >= 0.3 is 11.8 Å². The number of nitrogens with one attached hydrogen (secondary N) is 1. The number of carbonyl (C=O) groups is 1. The Morgan fingerprint density at radius 2 is 2.03 bits per heavy atom. The molecule has 184 valence electrons. The number of carbonyl (C=O) groups excluding carboxylic acids is 1. The van der Waals surface area contributed by atoms with E-state index in [-0.39, 0.29) is 17.9 Å². The van der Waals surface area contributed by atoms with Gasteiger partial charge in [-0.1, -0.05) is 28.9 Å². The Morgan fingerprint density at radius 3 is 2.71 bits per heavy atom. The summed E-state index contributed by atoms with van der Waals surface area (Å²) in [7, 11) is 0. The van der Waals surface area contributed by atoms with E-state index in [0.29, 0.717) is 10.0 Å². The smallest absolute Gasteiger partial charge is 0.434 e. The summed E-state index contributed by atoms with van der Waals surface area (Å²) in [6, 6.07) is 4.53. The van der Waals surface area contributed by atoms with Gasteiger partial charge < -0.3 is 24.4 Å². The van der Waals surface area contributed by atoms with E-state index in [2.05, 4.69) is 20.9 Å². The van der Waals surface area contributed by atoms with Crippen molar-refractivity contribution in [3.8, 4) is 0 Å². The number of aliphatic hydroxyl groups excluding tert-OH is 2. The monoisotopic (exact) mass is 543 g/mol. The van der Waals surface area contributed by atoms with Crippen LogP contribution in [-0.4, -0.2) is 62.4 Å². The number of halogens is 1. The highest BCUT2D eigenvalue weighted by Crippen LogP contribution is 2.30. The maximum atomic E-state index is 12.0. The van der Waals surface area contributed by atoms with Crippen LogP contribution in [0.15, 0.2) is 38.5 Å². The number of hydrogen-bond donors (Lipinski definition) is 3. The fourth-order valence-electron chi connectivity index (χ4n) is 3.44. The number of aryl methyl sites for hydroxylation is 1. The number of H-pyrrole nitrogens is 1. The first kappa shape index (κ1) is 25.6. The van der Waals surface area contributed by atoms with Gasteiger partial charge in [0.2, 0.25) is 0 Å². The normalized spacial score (nSPS) is 22.9. The van der Waals surface area contributed by atoms with Gasteiger partial charge in [0.1, 0.15) is 31.5 Å². The first-order chi connectivity index (χ1) is 16.0. The molecule has 2 aromatic rings. The van der Waals surface area contributed by atoms with Crippen molar-refractivity contribution in [1.29, 1.82) is 0 Å². The first-order valence-corrected chi connectivity index (χ1v) is 10.9. The Hall–Kier alpha value is -3.07. The number of aromatic amines is 1. The molecule has 3 N–H and O–H groups in total. The van der Waals surface area contributed by atoms with E-state index in [0.717, 1.165) is 4.57 Å². The fraction of sp³-hybridized carbons (Fsp3) is 0.450. The van der Waals surface area contributed by atoms with Crippen LogP contribution in [0.1, 0.15) is 30.2 Å². The van der Waals surface area contributed by atoms with Crippen LogP contribution in [-0.2, 0) is 14.2 Å². The van der Waals surface area contributed by atoms with Crippen molar-refractivity contribution in [1.82, 2.24) is 9.55 Å². The maximum absolute atomic E-state index is 12.0. The van der Waals surface area contributed by atoms with Crippen molar-refractivity contribution >= 4 is 27.8 Å². The lowest BCUT2D eigenvalue weighted by Gasteiger charge is -2.17. The van der Waals surface area contributed by atoms with Gasteiger partial charge in [0.05, 0.1) is 4.92 Å². The van der Waals surface area contributed by atoms with Gasteiger partial charge in [-0.3, -0.25) is 24.5 Å². The standard InChI is InChI=1S/C20H22BrN3O10/c1-9-6-23(19(28)22-17(9)27)18-16(26)15(25)14(34-18)8-33-20(29)32-7-10(2)12-4-3-11(21)5-13(12)24(30)31/h3-6,10,14-16,18,25-26H,7-8H2,1-2H3,(H,22,27,28)/t10?,14-,15?,16?,18-/m1/s1. The molecule has 1 aliphatic heterocycles. The van der Waals surface area contributed by atoms with E-state index in [9.17, 15) is 34.7 Å². The molecule has 1 saturated heterocycles. The molecule has 0 radical (unpaired) electrons. The molecule has 1 fully saturated rings. The minimum Gasteiger partial charge on any atom is -0.434 e. The van der Waals surface area contributed by atoms with Crippen molar-refractivity contribution < 1.29 is 34.1 Å². The van der Waals surface area contributed by atoms with Crippen molar-refractivity contribution in [2.45, 2.75) is 44.3 Å². The molecule has 0 bridgehead atoms. The fourth-order valence-corrected chi connectivity index (χ4v) is 3.79. The molecule has 1 aromatic heterocycles. The second-order valence-electron chi connectivity index (χ2n) is 7.76. The summed E-state index contributed by atoms with van der Waals surface area (Å²) in [5.41, 5.74) is -1.02. The highest BCUT2D eigenvalue weighted by molar-refractivity contribution is 9.10. The summed E-state index contributed by atoms with van der Waals surface area (Å²) in [5.74, 6) is -0.518. The molecule has 3 unspecified atom stereocenters. The highest BCUT2D eigenvalue weighted by Gasteiger charge is 2.44. The number of aliphatic hydroxyl groups is 2. The van der Waals surface area contributed by atoms with Crippen molar-refractivity contribution in [3.05, 3.63) is 70.9 Å². The van der Waals surface area contributed by atoms with E-state index in [4.69, 9.17) is 14.2 Å². The molecule has 3 rings (SSSR count). The van der Waals surface area contributed by atoms with Crippen LogP contribution in [0.2, 0.25) is 0 Å². The zero-order valence-corrected chi connectivity index (χ0v) is 19.6. The van der Waals surface area contributed by atoms with E-state index in [1.807, 2.05) is 0 Å². The molecular weight excluding hydrogens is 522 g/mol. The lowest BCUT2D eigenvalue weighted by Crippen LogP contribution is -2.38. The molecule has 2 heterocycles. The number of nitro groups is 1. The molecule has 0 aliphatic carbocycles. The SMILES string of the molecule is Cc1cn([C@@H]2O[C@H](COC(=O)OCC(C)c3ccc(Br)cc3[N+](=O)[O-])C(O)C2O)c(=O)[nH]c1=O. The Morgan fingerprint density at radius 1 is 1.32 bits per heavy atom.